The summed E-state index contributed by atoms with van der Waals surface area (Å²) in [4.78, 5) is 24.3. The van der Waals surface area contributed by atoms with Gasteiger partial charge in [-0.15, -0.1) is 0 Å². The molecular weight excluding hydrogens is 398 g/mol. The van der Waals surface area contributed by atoms with Crippen molar-refractivity contribution in [3.05, 3.63) is 70.2 Å². The zero-order valence-corrected chi connectivity index (χ0v) is 16.4. The Labute approximate surface area is 161 Å². The summed E-state index contributed by atoms with van der Waals surface area (Å²) in [7, 11) is 0. The minimum Gasteiger partial charge on any atom is -0.459 e. The van der Waals surface area contributed by atoms with Crippen LogP contribution < -0.4 is 5.32 Å². The SMILES string of the molecule is CC(C)[C@@H](NC(=O)OCc1ccccc1)C(=O)OCc1ccc(Br)cc1. The van der Waals surface area contributed by atoms with E-state index in [9.17, 15) is 9.59 Å². The number of carbonyl (C=O) groups is 2. The molecule has 5 nitrogen and oxygen atoms in total. The number of amides is 1. The van der Waals surface area contributed by atoms with E-state index in [0.717, 1.165) is 15.6 Å². The van der Waals surface area contributed by atoms with E-state index in [1.54, 1.807) is 0 Å². The molecule has 0 heterocycles. The highest BCUT2D eigenvalue weighted by Gasteiger charge is 2.26. The molecule has 0 bridgehead atoms. The van der Waals surface area contributed by atoms with E-state index >= 15 is 0 Å². The Hall–Kier alpha value is -2.34. The van der Waals surface area contributed by atoms with Gasteiger partial charge in [0, 0.05) is 4.47 Å². The van der Waals surface area contributed by atoms with Crippen LogP contribution in [0.4, 0.5) is 4.79 Å². The van der Waals surface area contributed by atoms with Crippen molar-refractivity contribution >= 4 is 28.0 Å². The Bertz CT molecular complexity index is 716. The van der Waals surface area contributed by atoms with E-state index in [-0.39, 0.29) is 19.1 Å². The third-order valence-electron chi connectivity index (χ3n) is 3.70. The Morgan fingerprint density at radius 1 is 0.923 bits per heavy atom. The number of esters is 1. The molecule has 138 valence electrons. The predicted molar refractivity (Wildman–Crippen MR) is 102 cm³/mol. The van der Waals surface area contributed by atoms with Gasteiger partial charge in [0.15, 0.2) is 0 Å². The molecule has 1 atom stereocenters. The summed E-state index contributed by atoms with van der Waals surface area (Å²) >= 11 is 3.36. The number of benzene rings is 2. The summed E-state index contributed by atoms with van der Waals surface area (Å²) in [6.45, 7) is 3.97. The number of carbonyl (C=O) groups excluding carboxylic acids is 2. The van der Waals surface area contributed by atoms with Gasteiger partial charge >= 0.3 is 12.1 Å². The molecule has 0 aromatic heterocycles. The Morgan fingerprint density at radius 2 is 1.50 bits per heavy atom. The van der Waals surface area contributed by atoms with E-state index in [2.05, 4.69) is 21.2 Å². The van der Waals surface area contributed by atoms with Gasteiger partial charge in [-0.3, -0.25) is 0 Å². The molecule has 0 unspecified atom stereocenters. The molecule has 26 heavy (non-hydrogen) atoms. The van der Waals surface area contributed by atoms with Crippen LogP contribution in [0.25, 0.3) is 0 Å². The fourth-order valence-electron chi connectivity index (χ4n) is 2.21. The second-order valence-corrected chi connectivity index (χ2v) is 7.08. The normalized spacial score (nSPS) is 11.7. The highest BCUT2D eigenvalue weighted by molar-refractivity contribution is 9.10. The number of ether oxygens (including phenoxy) is 2. The molecule has 0 aliphatic carbocycles. The average molecular weight is 420 g/mol. The number of hydrogen-bond acceptors (Lipinski definition) is 4. The van der Waals surface area contributed by atoms with Crippen molar-refractivity contribution in [3.63, 3.8) is 0 Å². The highest BCUT2D eigenvalue weighted by atomic mass is 79.9. The van der Waals surface area contributed by atoms with Crippen molar-refractivity contribution in [1.29, 1.82) is 0 Å². The zero-order chi connectivity index (χ0) is 18.9. The fraction of sp³-hybridized carbons (Fsp3) is 0.300. The minimum atomic E-state index is -0.770. The van der Waals surface area contributed by atoms with Crippen LogP contribution >= 0.6 is 15.9 Å². The molecule has 0 saturated heterocycles. The van der Waals surface area contributed by atoms with Crippen molar-refractivity contribution in [2.45, 2.75) is 33.1 Å². The second kappa shape index (κ2) is 9.97. The van der Waals surface area contributed by atoms with Gasteiger partial charge in [0.1, 0.15) is 19.3 Å². The van der Waals surface area contributed by atoms with Gasteiger partial charge in [-0.05, 0) is 29.2 Å². The molecule has 2 aromatic carbocycles. The van der Waals surface area contributed by atoms with Gasteiger partial charge < -0.3 is 14.8 Å². The molecule has 0 fully saturated rings. The number of hydrogen-bond donors (Lipinski definition) is 1. The molecule has 2 aromatic rings. The standard InChI is InChI=1S/C20H22BrNO4/c1-14(2)18(19(23)25-12-16-8-10-17(21)11-9-16)22-20(24)26-13-15-6-4-3-5-7-15/h3-11,14,18H,12-13H2,1-2H3,(H,22,24)/t18-/m1/s1. The maximum Gasteiger partial charge on any atom is 0.408 e. The Kier molecular flexibility index (Phi) is 7.66. The first-order valence-electron chi connectivity index (χ1n) is 8.34. The number of halogens is 1. The summed E-state index contributed by atoms with van der Waals surface area (Å²) in [6.07, 6.45) is -0.645. The monoisotopic (exact) mass is 419 g/mol. The first-order chi connectivity index (χ1) is 12.5. The average Bonchev–Trinajstić information content (AvgIpc) is 2.64. The van der Waals surface area contributed by atoms with Crippen LogP contribution in [0.2, 0.25) is 0 Å². The lowest BCUT2D eigenvalue weighted by Gasteiger charge is -2.20. The zero-order valence-electron chi connectivity index (χ0n) is 14.8. The largest absolute Gasteiger partial charge is 0.459 e. The lowest BCUT2D eigenvalue weighted by Crippen LogP contribution is -2.45. The van der Waals surface area contributed by atoms with Crippen LogP contribution in [-0.2, 0) is 27.5 Å². The lowest BCUT2D eigenvalue weighted by atomic mass is 10.1. The Balaban J connectivity index is 1.85. The number of rotatable bonds is 7. The van der Waals surface area contributed by atoms with Gasteiger partial charge in [-0.25, -0.2) is 9.59 Å². The molecule has 2 rings (SSSR count). The fourth-order valence-corrected chi connectivity index (χ4v) is 2.48. The van der Waals surface area contributed by atoms with Gasteiger partial charge in [-0.1, -0.05) is 72.2 Å². The van der Waals surface area contributed by atoms with Crippen LogP contribution in [0, 0.1) is 5.92 Å². The van der Waals surface area contributed by atoms with E-state index in [1.165, 1.54) is 0 Å². The number of alkyl carbamates (subject to hydrolysis) is 1. The summed E-state index contributed by atoms with van der Waals surface area (Å²) in [6, 6.07) is 16.1. The molecule has 1 amide bonds. The first kappa shape index (κ1) is 20.0. The minimum absolute atomic E-state index is 0.128. The molecule has 1 N–H and O–H groups in total. The molecule has 0 radical (unpaired) electrons. The topological polar surface area (TPSA) is 64.6 Å². The lowest BCUT2D eigenvalue weighted by molar-refractivity contribution is -0.148. The summed E-state index contributed by atoms with van der Waals surface area (Å²) in [5.74, 6) is -0.615. The van der Waals surface area contributed by atoms with Crippen molar-refractivity contribution in [1.82, 2.24) is 5.32 Å². The summed E-state index contributed by atoms with van der Waals surface area (Å²) in [5, 5.41) is 2.59. The summed E-state index contributed by atoms with van der Waals surface area (Å²) in [5.41, 5.74) is 1.75. The third-order valence-corrected chi connectivity index (χ3v) is 4.23. The smallest absolute Gasteiger partial charge is 0.408 e. The van der Waals surface area contributed by atoms with E-state index in [0.29, 0.717) is 0 Å². The molecule has 0 spiro atoms. The van der Waals surface area contributed by atoms with Crippen LogP contribution in [-0.4, -0.2) is 18.1 Å². The van der Waals surface area contributed by atoms with Crippen LogP contribution in [0.3, 0.4) is 0 Å². The van der Waals surface area contributed by atoms with Gasteiger partial charge in [0.2, 0.25) is 0 Å². The maximum atomic E-state index is 12.3. The molecule has 0 aliphatic rings. The third kappa shape index (κ3) is 6.52. The van der Waals surface area contributed by atoms with Crippen LogP contribution in [0.5, 0.6) is 0 Å². The van der Waals surface area contributed by atoms with Gasteiger partial charge in [-0.2, -0.15) is 0 Å². The highest BCUT2D eigenvalue weighted by Crippen LogP contribution is 2.12. The van der Waals surface area contributed by atoms with Crippen molar-refractivity contribution < 1.29 is 19.1 Å². The predicted octanol–water partition coefficient (Wildman–Crippen LogP) is 4.44. The van der Waals surface area contributed by atoms with E-state index in [4.69, 9.17) is 9.47 Å². The van der Waals surface area contributed by atoms with Crippen molar-refractivity contribution in [2.75, 3.05) is 0 Å². The number of nitrogens with one attached hydrogen (secondary N) is 1. The van der Waals surface area contributed by atoms with E-state index < -0.39 is 18.1 Å². The second-order valence-electron chi connectivity index (χ2n) is 6.16. The molecule has 0 aliphatic heterocycles. The quantitative estimate of drug-likeness (QED) is 0.673. The molecule has 6 heteroatoms. The van der Waals surface area contributed by atoms with Gasteiger partial charge in [0.05, 0.1) is 0 Å². The first-order valence-corrected chi connectivity index (χ1v) is 9.13. The Morgan fingerprint density at radius 3 is 2.12 bits per heavy atom. The van der Waals surface area contributed by atoms with Crippen molar-refractivity contribution in [2.24, 2.45) is 5.92 Å². The van der Waals surface area contributed by atoms with E-state index in [1.807, 2.05) is 68.4 Å². The van der Waals surface area contributed by atoms with Crippen LogP contribution in [0.1, 0.15) is 25.0 Å². The maximum absolute atomic E-state index is 12.3. The molecule has 0 saturated carbocycles. The summed E-state index contributed by atoms with van der Waals surface area (Å²) < 4.78 is 11.5. The molecular formula is C20H22BrNO4. The van der Waals surface area contributed by atoms with Crippen LogP contribution in [0.15, 0.2) is 59.1 Å². The van der Waals surface area contributed by atoms with Crippen molar-refractivity contribution in [3.8, 4) is 0 Å². The van der Waals surface area contributed by atoms with Gasteiger partial charge in [0.25, 0.3) is 0 Å².